The first kappa shape index (κ1) is 18.1. The highest BCUT2D eigenvalue weighted by molar-refractivity contribution is 5.23. The lowest BCUT2D eigenvalue weighted by atomic mass is 9.75. The zero-order chi connectivity index (χ0) is 15.9. The van der Waals surface area contributed by atoms with Crippen molar-refractivity contribution < 1.29 is 0 Å². The molecule has 0 saturated heterocycles. The fourth-order valence-corrected chi connectivity index (χ4v) is 5.42. The van der Waals surface area contributed by atoms with Gasteiger partial charge in [-0.05, 0) is 75.0 Å². The van der Waals surface area contributed by atoms with Gasteiger partial charge in [0.05, 0.1) is 0 Å². The molecule has 0 N–H and O–H groups in total. The predicted molar refractivity (Wildman–Crippen MR) is 99.1 cm³/mol. The molecule has 0 amide bonds. The molecule has 0 heteroatoms. The zero-order valence-electron chi connectivity index (χ0n) is 15.8. The van der Waals surface area contributed by atoms with Crippen LogP contribution in [-0.4, -0.2) is 0 Å². The van der Waals surface area contributed by atoms with Crippen molar-refractivity contribution >= 4 is 0 Å². The highest BCUT2D eigenvalue weighted by atomic mass is 14.4. The standard InChI is InChI=1S/C22H40/c1-5-8-11-18(7-3)22-17(4)19(12-9-6-2)15-16-20-13-10-14-21(20)22/h17,19-21H,5-16H2,1-4H3/b22-18-. The maximum atomic E-state index is 2.60. The Labute approximate surface area is 140 Å². The fraction of sp³-hybridized carbons (Fsp3) is 0.909. The predicted octanol–water partition coefficient (Wildman–Crippen LogP) is 7.54. The number of allylic oxidation sites excluding steroid dienone is 2. The van der Waals surface area contributed by atoms with Crippen LogP contribution in [0.25, 0.3) is 0 Å². The van der Waals surface area contributed by atoms with Gasteiger partial charge in [0.25, 0.3) is 0 Å². The van der Waals surface area contributed by atoms with Crippen molar-refractivity contribution in [2.75, 3.05) is 0 Å². The summed E-state index contributed by atoms with van der Waals surface area (Å²) in [6.45, 7) is 9.71. The highest BCUT2D eigenvalue weighted by Gasteiger charge is 2.38. The van der Waals surface area contributed by atoms with E-state index < -0.39 is 0 Å². The second-order valence-electron chi connectivity index (χ2n) is 8.08. The van der Waals surface area contributed by atoms with E-state index in [0.29, 0.717) is 0 Å². The molecule has 0 nitrogen and oxygen atoms in total. The van der Waals surface area contributed by atoms with Gasteiger partial charge >= 0.3 is 0 Å². The monoisotopic (exact) mass is 304 g/mol. The van der Waals surface area contributed by atoms with E-state index in [1.165, 1.54) is 77.0 Å². The minimum absolute atomic E-state index is 0.867. The minimum Gasteiger partial charge on any atom is -0.0707 e. The van der Waals surface area contributed by atoms with Crippen LogP contribution in [0.15, 0.2) is 11.1 Å². The van der Waals surface area contributed by atoms with Crippen molar-refractivity contribution in [1.82, 2.24) is 0 Å². The normalized spacial score (nSPS) is 34.4. The maximum absolute atomic E-state index is 2.60. The van der Waals surface area contributed by atoms with Gasteiger partial charge in [-0.3, -0.25) is 0 Å². The average molecular weight is 305 g/mol. The third-order valence-corrected chi connectivity index (χ3v) is 6.76. The van der Waals surface area contributed by atoms with E-state index in [2.05, 4.69) is 27.7 Å². The van der Waals surface area contributed by atoms with Gasteiger partial charge in [-0.25, -0.2) is 0 Å². The molecular weight excluding hydrogens is 264 g/mol. The third-order valence-electron chi connectivity index (χ3n) is 6.76. The summed E-state index contributed by atoms with van der Waals surface area (Å²) >= 11 is 0. The molecule has 0 heterocycles. The van der Waals surface area contributed by atoms with Crippen molar-refractivity contribution in [3.8, 4) is 0 Å². The molecule has 22 heavy (non-hydrogen) atoms. The maximum Gasteiger partial charge on any atom is -0.0169 e. The Bertz CT molecular complexity index is 351. The van der Waals surface area contributed by atoms with E-state index in [9.17, 15) is 0 Å². The van der Waals surface area contributed by atoms with Gasteiger partial charge in [-0.2, -0.15) is 0 Å². The van der Waals surface area contributed by atoms with Gasteiger partial charge in [-0.15, -0.1) is 0 Å². The van der Waals surface area contributed by atoms with Crippen LogP contribution in [0.4, 0.5) is 0 Å². The third kappa shape index (κ3) is 4.18. The first-order valence-corrected chi connectivity index (χ1v) is 10.4. The van der Waals surface area contributed by atoms with Gasteiger partial charge in [0, 0.05) is 0 Å². The van der Waals surface area contributed by atoms with E-state index in [4.69, 9.17) is 0 Å². The number of rotatable bonds is 7. The summed E-state index contributed by atoms with van der Waals surface area (Å²) in [4.78, 5) is 0. The molecule has 2 saturated carbocycles. The second kappa shape index (κ2) is 9.14. The summed E-state index contributed by atoms with van der Waals surface area (Å²) in [6, 6.07) is 0. The summed E-state index contributed by atoms with van der Waals surface area (Å²) in [7, 11) is 0. The first-order valence-electron chi connectivity index (χ1n) is 10.4. The van der Waals surface area contributed by atoms with Crippen molar-refractivity contribution in [2.24, 2.45) is 23.7 Å². The Morgan fingerprint density at radius 1 is 0.955 bits per heavy atom. The molecule has 4 atom stereocenters. The van der Waals surface area contributed by atoms with Gasteiger partial charge in [0.15, 0.2) is 0 Å². The zero-order valence-corrected chi connectivity index (χ0v) is 15.8. The molecule has 0 aromatic heterocycles. The molecule has 0 spiro atoms. The lowest BCUT2D eigenvalue weighted by Crippen LogP contribution is -2.19. The number of fused-ring (bicyclic) bond motifs is 1. The van der Waals surface area contributed by atoms with E-state index in [1.54, 1.807) is 0 Å². The van der Waals surface area contributed by atoms with Crippen LogP contribution >= 0.6 is 0 Å². The average Bonchev–Trinajstić information content (AvgIpc) is 2.94. The van der Waals surface area contributed by atoms with Gasteiger partial charge in [0.2, 0.25) is 0 Å². The molecular formula is C22H40. The van der Waals surface area contributed by atoms with Gasteiger partial charge < -0.3 is 0 Å². The summed E-state index contributed by atoms with van der Waals surface area (Å²) in [6.07, 6.45) is 17.3. The van der Waals surface area contributed by atoms with Crippen LogP contribution in [0.3, 0.4) is 0 Å². The van der Waals surface area contributed by atoms with Crippen molar-refractivity contribution in [3.05, 3.63) is 11.1 Å². The van der Waals surface area contributed by atoms with Crippen LogP contribution in [0.2, 0.25) is 0 Å². The van der Waals surface area contributed by atoms with Crippen molar-refractivity contribution in [1.29, 1.82) is 0 Å². The van der Waals surface area contributed by atoms with E-state index in [-0.39, 0.29) is 0 Å². The Hall–Kier alpha value is -0.260. The number of hydrogen-bond donors (Lipinski definition) is 0. The van der Waals surface area contributed by atoms with Crippen LogP contribution in [0.1, 0.15) is 105 Å². The van der Waals surface area contributed by atoms with Gasteiger partial charge in [0.1, 0.15) is 0 Å². The molecule has 0 aliphatic heterocycles. The Kier molecular flexibility index (Phi) is 7.51. The first-order chi connectivity index (χ1) is 10.7. The summed E-state index contributed by atoms with van der Waals surface area (Å²) in [5.41, 5.74) is 3.84. The van der Waals surface area contributed by atoms with Crippen LogP contribution in [0.5, 0.6) is 0 Å². The van der Waals surface area contributed by atoms with Crippen molar-refractivity contribution in [3.63, 3.8) is 0 Å². The Morgan fingerprint density at radius 3 is 2.41 bits per heavy atom. The summed E-state index contributed by atoms with van der Waals surface area (Å²) < 4.78 is 0. The topological polar surface area (TPSA) is 0 Å². The second-order valence-corrected chi connectivity index (χ2v) is 8.08. The highest BCUT2D eigenvalue weighted by Crippen LogP contribution is 2.50. The molecule has 0 bridgehead atoms. The molecule has 2 aliphatic carbocycles. The van der Waals surface area contributed by atoms with Gasteiger partial charge in [-0.1, -0.05) is 64.5 Å². The minimum atomic E-state index is 0.867. The van der Waals surface area contributed by atoms with E-state index in [0.717, 1.165) is 23.7 Å². The molecule has 2 fully saturated rings. The smallest absolute Gasteiger partial charge is 0.0169 e. The molecule has 0 aromatic carbocycles. The molecule has 128 valence electrons. The lowest BCUT2D eigenvalue weighted by Gasteiger charge is -2.30. The molecule has 2 rings (SSSR count). The van der Waals surface area contributed by atoms with Crippen LogP contribution < -0.4 is 0 Å². The molecule has 0 radical (unpaired) electrons. The van der Waals surface area contributed by atoms with Crippen LogP contribution in [-0.2, 0) is 0 Å². The van der Waals surface area contributed by atoms with E-state index in [1.807, 2.05) is 11.1 Å². The fourth-order valence-electron chi connectivity index (χ4n) is 5.42. The number of hydrogen-bond acceptors (Lipinski definition) is 0. The van der Waals surface area contributed by atoms with Crippen LogP contribution in [0, 0.1) is 23.7 Å². The molecule has 2 aliphatic rings. The van der Waals surface area contributed by atoms with Crippen molar-refractivity contribution in [2.45, 2.75) is 105 Å². The summed E-state index contributed by atoms with van der Waals surface area (Å²) in [5.74, 6) is 3.84. The van der Waals surface area contributed by atoms with E-state index >= 15 is 0 Å². The SMILES string of the molecule is CCCC/C(CC)=C1/C(C)C(CCCC)CCC2CCCC12. The summed E-state index contributed by atoms with van der Waals surface area (Å²) in [5, 5.41) is 0. The Balaban J connectivity index is 2.27. The lowest BCUT2D eigenvalue weighted by molar-refractivity contribution is 0.338. The molecule has 4 unspecified atom stereocenters. The Morgan fingerprint density at radius 2 is 1.73 bits per heavy atom. The quantitative estimate of drug-likeness (QED) is 0.426. The largest absolute Gasteiger partial charge is 0.0707 e. The molecule has 0 aromatic rings. The number of unbranched alkanes of at least 4 members (excludes halogenated alkanes) is 2.